The molecule has 4 atom stereocenters. The smallest absolute Gasteiger partial charge is 0.0158 e. The fourth-order valence-electron chi connectivity index (χ4n) is 3.34. The van der Waals surface area contributed by atoms with Gasteiger partial charge in [0.2, 0.25) is 0 Å². The molecule has 90 valence electrons. The first-order valence-electron chi connectivity index (χ1n) is 6.75. The van der Waals surface area contributed by atoms with E-state index in [0.717, 1.165) is 17.8 Å². The number of hydrogen-bond donors (Lipinski definition) is 1. The van der Waals surface area contributed by atoms with Gasteiger partial charge in [0.25, 0.3) is 0 Å². The molecule has 1 rings (SSSR count). The van der Waals surface area contributed by atoms with Crippen LogP contribution in [0.3, 0.4) is 0 Å². The molecular weight excluding hydrogens is 200 g/mol. The van der Waals surface area contributed by atoms with Gasteiger partial charge in [0.15, 0.2) is 0 Å². The molecule has 1 aliphatic carbocycles. The summed E-state index contributed by atoms with van der Waals surface area (Å²) in [6.07, 6.45) is 8.03. The predicted molar refractivity (Wildman–Crippen MR) is 72.6 cm³/mol. The predicted octanol–water partition coefficient (Wildman–Crippen LogP) is 4.94. The lowest BCUT2D eigenvalue weighted by Crippen LogP contribution is -2.39. The van der Waals surface area contributed by atoms with Crippen molar-refractivity contribution in [2.24, 2.45) is 17.8 Å². The van der Waals surface area contributed by atoms with Crippen LogP contribution in [0.5, 0.6) is 0 Å². The largest absolute Gasteiger partial charge is 0.172 e. The van der Waals surface area contributed by atoms with Crippen molar-refractivity contribution in [3.8, 4) is 0 Å². The minimum atomic E-state index is 0.308. The van der Waals surface area contributed by atoms with Crippen LogP contribution in [-0.4, -0.2) is 4.75 Å². The summed E-state index contributed by atoms with van der Waals surface area (Å²) in [7, 11) is 0. The number of rotatable bonds is 4. The molecule has 0 aromatic carbocycles. The van der Waals surface area contributed by atoms with Crippen LogP contribution in [0.2, 0.25) is 0 Å². The maximum atomic E-state index is 5.04. The normalized spacial score (nSPS) is 36.2. The molecule has 0 spiro atoms. The molecule has 15 heavy (non-hydrogen) atoms. The first-order valence-corrected chi connectivity index (χ1v) is 7.20. The molecule has 0 heterocycles. The van der Waals surface area contributed by atoms with Crippen molar-refractivity contribution in [1.82, 2.24) is 0 Å². The Bertz CT molecular complexity index is 190. The summed E-state index contributed by atoms with van der Waals surface area (Å²) in [5.41, 5.74) is 0. The van der Waals surface area contributed by atoms with E-state index < -0.39 is 0 Å². The van der Waals surface area contributed by atoms with Gasteiger partial charge < -0.3 is 0 Å². The van der Waals surface area contributed by atoms with Gasteiger partial charge in [-0.05, 0) is 37.0 Å². The third-order valence-electron chi connectivity index (χ3n) is 4.44. The third kappa shape index (κ3) is 3.15. The average molecular weight is 228 g/mol. The zero-order valence-electron chi connectivity index (χ0n) is 10.9. The highest BCUT2D eigenvalue weighted by Crippen LogP contribution is 2.46. The van der Waals surface area contributed by atoms with Crippen molar-refractivity contribution in [2.45, 2.75) is 71.0 Å². The topological polar surface area (TPSA) is 0 Å². The summed E-state index contributed by atoms with van der Waals surface area (Å²) in [4.78, 5) is 0. The van der Waals surface area contributed by atoms with Crippen LogP contribution in [0.25, 0.3) is 0 Å². The van der Waals surface area contributed by atoms with E-state index in [4.69, 9.17) is 12.6 Å². The molecule has 0 radical (unpaired) electrons. The van der Waals surface area contributed by atoms with Crippen molar-refractivity contribution in [1.29, 1.82) is 0 Å². The van der Waals surface area contributed by atoms with Crippen LogP contribution in [0, 0.1) is 17.8 Å². The molecule has 1 aliphatic rings. The van der Waals surface area contributed by atoms with Gasteiger partial charge in [0.05, 0.1) is 0 Å². The summed E-state index contributed by atoms with van der Waals surface area (Å²) in [6.45, 7) is 9.45. The van der Waals surface area contributed by atoms with Gasteiger partial charge in [0.1, 0.15) is 0 Å². The maximum Gasteiger partial charge on any atom is 0.0158 e. The quantitative estimate of drug-likeness (QED) is 0.648. The highest BCUT2D eigenvalue weighted by atomic mass is 32.1. The van der Waals surface area contributed by atoms with Gasteiger partial charge in [-0.3, -0.25) is 0 Å². The lowest BCUT2D eigenvalue weighted by Gasteiger charge is -2.44. The SMILES string of the molecule is CCCC(S)(CC)C1CC(C)CC[C@@H]1C. The third-order valence-corrected chi connectivity index (χ3v) is 5.31. The van der Waals surface area contributed by atoms with E-state index in [0.29, 0.717) is 4.75 Å². The van der Waals surface area contributed by atoms with Gasteiger partial charge in [-0.2, -0.15) is 12.6 Å². The summed E-state index contributed by atoms with van der Waals surface area (Å²) < 4.78 is 0.308. The van der Waals surface area contributed by atoms with Gasteiger partial charge in [-0.1, -0.05) is 47.0 Å². The van der Waals surface area contributed by atoms with E-state index >= 15 is 0 Å². The first-order chi connectivity index (χ1) is 7.03. The Hall–Kier alpha value is 0.350. The molecule has 1 heteroatoms. The summed E-state index contributed by atoms with van der Waals surface area (Å²) in [5.74, 6) is 2.64. The van der Waals surface area contributed by atoms with Crippen LogP contribution in [0.15, 0.2) is 0 Å². The number of thiol groups is 1. The second-order valence-corrected chi connectivity index (χ2v) is 6.60. The summed E-state index contributed by atoms with van der Waals surface area (Å²) >= 11 is 5.04. The molecular formula is C14H28S. The zero-order valence-corrected chi connectivity index (χ0v) is 11.8. The van der Waals surface area contributed by atoms with Crippen LogP contribution < -0.4 is 0 Å². The van der Waals surface area contributed by atoms with Gasteiger partial charge in [0, 0.05) is 4.75 Å². The molecule has 0 bridgehead atoms. The molecule has 1 saturated carbocycles. The second-order valence-electron chi connectivity index (χ2n) is 5.71. The molecule has 0 saturated heterocycles. The molecule has 0 N–H and O–H groups in total. The lowest BCUT2D eigenvalue weighted by molar-refractivity contribution is 0.150. The fraction of sp³-hybridized carbons (Fsp3) is 1.00. The monoisotopic (exact) mass is 228 g/mol. The standard InChI is InChI=1S/C14H28S/c1-5-9-14(15,6-2)13-10-11(3)7-8-12(13)4/h11-13,15H,5-10H2,1-4H3/t11?,12-,13?,14?/m0/s1. The van der Waals surface area contributed by atoms with Crippen molar-refractivity contribution in [3.63, 3.8) is 0 Å². The Kier molecular flexibility index (Phi) is 5.02. The minimum absolute atomic E-state index is 0.308. The maximum absolute atomic E-state index is 5.04. The highest BCUT2D eigenvalue weighted by molar-refractivity contribution is 7.81. The molecule has 3 unspecified atom stereocenters. The fourth-order valence-corrected chi connectivity index (χ4v) is 3.92. The van der Waals surface area contributed by atoms with E-state index in [1.807, 2.05) is 0 Å². The van der Waals surface area contributed by atoms with Crippen LogP contribution >= 0.6 is 12.6 Å². The Morgan fingerprint density at radius 2 is 1.87 bits per heavy atom. The van der Waals surface area contributed by atoms with Crippen LogP contribution in [0.4, 0.5) is 0 Å². The molecule has 0 nitrogen and oxygen atoms in total. The van der Waals surface area contributed by atoms with Gasteiger partial charge >= 0.3 is 0 Å². The van der Waals surface area contributed by atoms with Crippen LogP contribution in [-0.2, 0) is 0 Å². The first kappa shape index (κ1) is 13.4. The second kappa shape index (κ2) is 5.61. The summed E-state index contributed by atoms with van der Waals surface area (Å²) in [6, 6.07) is 0. The molecule has 0 aromatic rings. The van der Waals surface area contributed by atoms with E-state index in [2.05, 4.69) is 27.7 Å². The molecule has 0 amide bonds. The Morgan fingerprint density at radius 3 is 2.40 bits per heavy atom. The minimum Gasteiger partial charge on any atom is -0.172 e. The van der Waals surface area contributed by atoms with Crippen LogP contribution in [0.1, 0.15) is 66.2 Å². The highest BCUT2D eigenvalue weighted by Gasteiger charge is 2.39. The van der Waals surface area contributed by atoms with E-state index in [1.54, 1.807) is 0 Å². The Balaban J connectivity index is 2.72. The van der Waals surface area contributed by atoms with E-state index in [1.165, 1.54) is 38.5 Å². The number of hydrogen-bond acceptors (Lipinski definition) is 1. The van der Waals surface area contributed by atoms with Crippen molar-refractivity contribution < 1.29 is 0 Å². The van der Waals surface area contributed by atoms with E-state index in [-0.39, 0.29) is 0 Å². The average Bonchev–Trinajstić information content (AvgIpc) is 2.22. The van der Waals surface area contributed by atoms with Gasteiger partial charge in [-0.15, -0.1) is 0 Å². The lowest BCUT2D eigenvalue weighted by atomic mass is 9.67. The molecule has 0 aliphatic heterocycles. The molecule has 0 aromatic heterocycles. The Morgan fingerprint density at radius 1 is 1.20 bits per heavy atom. The Labute approximate surface area is 102 Å². The van der Waals surface area contributed by atoms with Crippen molar-refractivity contribution in [2.75, 3.05) is 0 Å². The van der Waals surface area contributed by atoms with Crippen molar-refractivity contribution >= 4 is 12.6 Å². The van der Waals surface area contributed by atoms with Gasteiger partial charge in [-0.25, -0.2) is 0 Å². The molecule has 1 fully saturated rings. The van der Waals surface area contributed by atoms with Crippen molar-refractivity contribution in [3.05, 3.63) is 0 Å². The van der Waals surface area contributed by atoms with E-state index in [9.17, 15) is 0 Å². The summed E-state index contributed by atoms with van der Waals surface area (Å²) in [5, 5.41) is 0. The zero-order chi connectivity index (χ0) is 11.5.